The minimum atomic E-state index is 0.0471. The van der Waals surface area contributed by atoms with Crippen LogP contribution in [0.25, 0.3) is 0 Å². The predicted molar refractivity (Wildman–Crippen MR) is 65.1 cm³/mol. The lowest BCUT2D eigenvalue weighted by atomic mass is 10.3. The molecule has 0 radical (unpaired) electrons. The first kappa shape index (κ1) is 11.3. The third kappa shape index (κ3) is 2.33. The minimum Gasteiger partial charge on any atom is -0.379 e. The van der Waals surface area contributed by atoms with Crippen LogP contribution in [0, 0.1) is 0 Å². The molecule has 1 N–H and O–H groups in total. The molecule has 16 heavy (non-hydrogen) atoms. The first-order chi connectivity index (χ1) is 7.70. The number of rotatable bonds is 2. The number of nitrogens with one attached hydrogen (secondary N) is 1. The summed E-state index contributed by atoms with van der Waals surface area (Å²) in [6.07, 6.45) is 0. The number of hydrogen-bond donors (Lipinski definition) is 1. The number of carbonyl (C=O) groups is 1. The summed E-state index contributed by atoms with van der Waals surface area (Å²) >= 11 is 1.32. The first-order valence-electron chi connectivity index (χ1n) is 5.33. The molecule has 1 aliphatic heterocycles. The highest BCUT2D eigenvalue weighted by atomic mass is 32.1. The summed E-state index contributed by atoms with van der Waals surface area (Å²) < 4.78 is 4.16. The van der Waals surface area contributed by atoms with Crippen LogP contribution in [-0.2, 0) is 0 Å². The molecule has 5 nitrogen and oxygen atoms in total. The van der Waals surface area contributed by atoms with Crippen molar-refractivity contribution in [2.75, 3.05) is 45.6 Å². The lowest BCUT2D eigenvalue weighted by Crippen LogP contribution is -2.47. The van der Waals surface area contributed by atoms with Crippen molar-refractivity contribution in [3.05, 3.63) is 11.8 Å². The molecule has 1 fully saturated rings. The molecule has 88 valence electrons. The highest BCUT2D eigenvalue weighted by molar-refractivity contribution is 7.10. The van der Waals surface area contributed by atoms with Crippen LogP contribution in [-0.4, -0.2) is 60.4 Å². The molecule has 1 aromatic heterocycles. The summed E-state index contributed by atoms with van der Waals surface area (Å²) in [5.41, 5.74) is 0.555. The van der Waals surface area contributed by atoms with Crippen LogP contribution in [0.2, 0.25) is 0 Å². The van der Waals surface area contributed by atoms with Gasteiger partial charge < -0.3 is 15.1 Å². The summed E-state index contributed by atoms with van der Waals surface area (Å²) in [6, 6.07) is 1.81. The fourth-order valence-electron chi connectivity index (χ4n) is 1.67. The standard InChI is InChI=1S/C10H16N4OS/c1-11-9-7-8(12-16-9)10(15)14-5-3-13(2)4-6-14/h7,11H,3-6H2,1-2H3. The molecular weight excluding hydrogens is 224 g/mol. The Labute approximate surface area is 99.2 Å². The van der Waals surface area contributed by atoms with Crippen LogP contribution < -0.4 is 5.32 Å². The summed E-state index contributed by atoms with van der Waals surface area (Å²) in [5, 5.41) is 3.92. The van der Waals surface area contributed by atoms with Crippen LogP contribution in [0.15, 0.2) is 6.07 Å². The van der Waals surface area contributed by atoms with Crippen molar-refractivity contribution in [3.8, 4) is 0 Å². The summed E-state index contributed by atoms with van der Waals surface area (Å²) in [4.78, 5) is 16.2. The second-order valence-corrected chi connectivity index (χ2v) is 4.73. The zero-order chi connectivity index (χ0) is 11.5. The molecule has 2 heterocycles. The van der Waals surface area contributed by atoms with Gasteiger partial charge in [-0.2, -0.15) is 4.37 Å². The quantitative estimate of drug-likeness (QED) is 0.821. The van der Waals surface area contributed by atoms with E-state index in [0.717, 1.165) is 31.2 Å². The molecular formula is C10H16N4OS. The molecule has 0 aliphatic carbocycles. The number of anilines is 1. The van der Waals surface area contributed by atoms with Gasteiger partial charge in [-0.15, -0.1) is 0 Å². The molecule has 1 saturated heterocycles. The highest BCUT2D eigenvalue weighted by Crippen LogP contribution is 2.17. The summed E-state index contributed by atoms with van der Waals surface area (Å²) in [7, 11) is 3.90. The molecule has 2 rings (SSSR count). The largest absolute Gasteiger partial charge is 0.379 e. The van der Waals surface area contributed by atoms with E-state index in [0.29, 0.717) is 5.69 Å². The second kappa shape index (κ2) is 4.80. The van der Waals surface area contributed by atoms with Crippen molar-refractivity contribution in [1.29, 1.82) is 0 Å². The molecule has 0 unspecified atom stereocenters. The Balaban J connectivity index is 2.01. The van der Waals surface area contributed by atoms with Crippen LogP contribution in [0.1, 0.15) is 10.5 Å². The Morgan fingerprint density at radius 2 is 2.12 bits per heavy atom. The van der Waals surface area contributed by atoms with E-state index in [1.807, 2.05) is 18.0 Å². The normalized spacial score (nSPS) is 17.5. The zero-order valence-electron chi connectivity index (χ0n) is 9.56. The van der Waals surface area contributed by atoms with E-state index in [9.17, 15) is 4.79 Å². The van der Waals surface area contributed by atoms with Gasteiger partial charge in [0, 0.05) is 39.3 Å². The van der Waals surface area contributed by atoms with E-state index in [4.69, 9.17) is 0 Å². The van der Waals surface area contributed by atoms with Crippen molar-refractivity contribution in [2.24, 2.45) is 0 Å². The Kier molecular flexibility index (Phi) is 3.40. The van der Waals surface area contributed by atoms with Gasteiger partial charge in [0.2, 0.25) is 0 Å². The predicted octanol–water partition coefficient (Wildman–Crippen LogP) is 0.572. The molecule has 1 amide bonds. The maximum atomic E-state index is 12.1. The van der Waals surface area contributed by atoms with Gasteiger partial charge in [0.05, 0.1) is 0 Å². The van der Waals surface area contributed by atoms with Gasteiger partial charge in [-0.1, -0.05) is 0 Å². The summed E-state index contributed by atoms with van der Waals surface area (Å²) in [6.45, 7) is 3.47. The topological polar surface area (TPSA) is 48.5 Å². The Morgan fingerprint density at radius 3 is 2.69 bits per heavy atom. The van der Waals surface area contributed by atoms with Crippen LogP contribution in [0.3, 0.4) is 0 Å². The van der Waals surface area contributed by atoms with Crippen LogP contribution >= 0.6 is 11.5 Å². The first-order valence-corrected chi connectivity index (χ1v) is 6.10. The van der Waals surface area contributed by atoms with Gasteiger partial charge >= 0.3 is 0 Å². The van der Waals surface area contributed by atoms with Gasteiger partial charge in [-0.3, -0.25) is 4.79 Å². The smallest absolute Gasteiger partial charge is 0.273 e. The van der Waals surface area contributed by atoms with E-state index in [1.165, 1.54) is 11.5 Å². The van der Waals surface area contributed by atoms with Gasteiger partial charge in [0.25, 0.3) is 5.91 Å². The molecule has 1 aliphatic rings. The van der Waals surface area contributed by atoms with E-state index < -0.39 is 0 Å². The van der Waals surface area contributed by atoms with E-state index >= 15 is 0 Å². The third-order valence-electron chi connectivity index (χ3n) is 2.77. The molecule has 0 aromatic carbocycles. The molecule has 0 spiro atoms. The fraction of sp³-hybridized carbons (Fsp3) is 0.600. The molecule has 0 atom stereocenters. The zero-order valence-corrected chi connectivity index (χ0v) is 10.4. The SMILES string of the molecule is CNc1cc(C(=O)N2CCN(C)CC2)ns1. The van der Waals surface area contributed by atoms with Crippen molar-refractivity contribution in [3.63, 3.8) is 0 Å². The molecule has 6 heteroatoms. The number of amides is 1. The van der Waals surface area contributed by atoms with E-state index in [2.05, 4.69) is 21.6 Å². The van der Waals surface area contributed by atoms with Crippen molar-refractivity contribution in [1.82, 2.24) is 14.2 Å². The van der Waals surface area contributed by atoms with Gasteiger partial charge in [0.1, 0.15) is 10.7 Å². The molecule has 1 aromatic rings. The van der Waals surface area contributed by atoms with E-state index in [1.54, 1.807) is 0 Å². The maximum Gasteiger partial charge on any atom is 0.273 e. The van der Waals surface area contributed by atoms with E-state index in [-0.39, 0.29) is 5.91 Å². The van der Waals surface area contributed by atoms with Gasteiger partial charge in [0.15, 0.2) is 0 Å². The van der Waals surface area contributed by atoms with Crippen molar-refractivity contribution in [2.45, 2.75) is 0 Å². The minimum absolute atomic E-state index is 0.0471. The average Bonchev–Trinajstić information content (AvgIpc) is 2.77. The van der Waals surface area contributed by atoms with Crippen molar-refractivity contribution < 1.29 is 4.79 Å². The lowest BCUT2D eigenvalue weighted by molar-refractivity contribution is 0.0659. The maximum absolute atomic E-state index is 12.1. The number of carbonyl (C=O) groups excluding carboxylic acids is 1. The van der Waals surface area contributed by atoms with Gasteiger partial charge in [-0.05, 0) is 18.6 Å². The monoisotopic (exact) mass is 240 g/mol. The summed E-state index contributed by atoms with van der Waals surface area (Å²) in [5.74, 6) is 0.0471. The fourth-order valence-corrected chi connectivity index (χ4v) is 2.25. The van der Waals surface area contributed by atoms with Crippen LogP contribution in [0.4, 0.5) is 5.00 Å². The lowest BCUT2D eigenvalue weighted by Gasteiger charge is -2.31. The molecule has 0 bridgehead atoms. The van der Waals surface area contributed by atoms with Crippen LogP contribution in [0.5, 0.6) is 0 Å². The number of likely N-dealkylation sites (N-methyl/N-ethyl adjacent to an activating group) is 1. The highest BCUT2D eigenvalue weighted by Gasteiger charge is 2.22. The Hall–Kier alpha value is -1.14. The third-order valence-corrected chi connectivity index (χ3v) is 3.57. The average molecular weight is 240 g/mol. The number of nitrogens with zero attached hydrogens (tertiary/aromatic N) is 3. The van der Waals surface area contributed by atoms with Gasteiger partial charge in [-0.25, -0.2) is 0 Å². The Bertz CT molecular complexity index is 371. The Morgan fingerprint density at radius 1 is 1.44 bits per heavy atom. The molecule has 0 saturated carbocycles. The number of hydrogen-bond acceptors (Lipinski definition) is 5. The van der Waals surface area contributed by atoms with Crippen molar-refractivity contribution >= 4 is 22.4 Å². The second-order valence-electron chi connectivity index (χ2n) is 3.92. The number of aromatic nitrogens is 1. The number of piperazine rings is 1.